The Bertz CT molecular complexity index is 1030. The van der Waals surface area contributed by atoms with Crippen LogP contribution in [0.2, 0.25) is 5.02 Å². The van der Waals surface area contributed by atoms with Gasteiger partial charge < -0.3 is 14.4 Å². The number of amides is 3. The zero-order valence-electron chi connectivity index (χ0n) is 17.8. The van der Waals surface area contributed by atoms with E-state index in [4.69, 9.17) is 21.1 Å². The molecule has 3 fully saturated rings. The number of thioether (sulfide) groups is 1. The fourth-order valence-electron chi connectivity index (χ4n) is 4.57. The molecule has 3 saturated heterocycles. The first kappa shape index (κ1) is 21.6. The molecule has 3 aliphatic rings. The van der Waals surface area contributed by atoms with E-state index < -0.39 is 6.04 Å². The van der Waals surface area contributed by atoms with Crippen LogP contribution in [0, 0.1) is 0 Å². The minimum absolute atomic E-state index is 0.182. The zero-order chi connectivity index (χ0) is 22.2. The van der Waals surface area contributed by atoms with Gasteiger partial charge in [-0.1, -0.05) is 17.7 Å². The van der Waals surface area contributed by atoms with Crippen molar-refractivity contribution >= 4 is 41.0 Å². The number of carbonyl (C=O) groups excluding carboxylic acids is 2. The van der Waals surface area contributed by atoms with E-state index in [2.05, 4.69) is 6.07 Å². The Morgan fingerprint density at radius 3 is 2.62 bits per heavy atom. The van der Waals surface area contributed by atoms with Crippen molar-refractivity contribution in [2.45, 2.75) is 18.0 Å². The van der Waals surface area contributed by atoms with Crippen molar-refractivity contribution in [3.05, 3.63) is 58.6 Å². The van der Waals surface area contributed by atoms with E-state index in [1.165, 1.54) is 9.80 Å². The lowest BCUT2D eigenvalue weighted by atomic mass is 10.1. The van der Waals surface area contributed by atoms with Crippen molar-refractivity contribution in [3.63, 3.8) is 0 Å². The van der Waals surface area contributed by atoms with Gasteiger partial charge in [0, 0.05) is 16.3 Å². The van der Waals surface area contributed by atoms with Gasteiger partial charge >= 0.3 is 6.03 Å². The molecule has 0 spiro atoms. The van der Waals surface area contributed by atoms with Gasteiger partial charge in [0.25, 0.3) is 5.91 Å². The number of hydrogen-bond acceptors (Lipinski definition) is 5. The quantitative estimate of drug-likeness (QED) is 0.674. The second kappa shape index (κ2) is 8.94. The lowest BCUT2D eigenvalue weighted by molar-refractivity contribution is -0.921. The average molecular weight is 475 g/mol. The molecule has 7 nitrogen and oxygen atoms in total. The molecule has 3 aliphatic heterocycles. The van der Waals surface area contributed by atoms with Gasteiger partial charge in [-0.2, -0.15) is 0 Å². The summed E-state index contributed by atoms with van der Waals surface area (Å²) < 4.78 is 11.1. The molecular formula is C23H25ClN3O4S+. The molecule has 0 radical (unpaired) electrons. The van der Waals surface area contributed by atoms with Gasteiger partial charge in [-0.15, -0.1) is 11.8 Å². The minimum atomic E-state index is -0.455. The highest BCUT2D eigenvalue weighted by atomic mass is 35.5. The Hall–Kier alpha value is -2.26. The standard InChI is InChI=1S/C23H24ClN3O4S/c1-30-20-7-2-15(12-16(20)13-25-8-10-31-11-9-25)22-27-19(14-32-22)21(28)26(23(27)29)18-5-3-17(24)4-6-18/h2-7,12,19,22H,8-11,13-14H2,1H3/p+1/t19-,22+/m1/s1. The Morgan fingerprint density at radius 1 is 1.16 bits per heavy atom. The fourth-order valence-corrected chi connectivity index (χ4v) is 6.10. The summed E-state index contributed by atoms with van der Waals surface area (Å²) in [5, 5.41) is 0.355. The molecule has 0 aromatic heterocycles. The summed E-state index contributed by atoms with van der Waals surface area (Å²) >= 11 is 7.61. The second-order valence-electron chi connectivity index (χ2n) is 8.15. The maximum absolute atomic E-state index is 13.3. The number of imide groups is 1. The normalized spacial score (nSPS) is 23.7. The van der Waals surface area contributed by atoms with Gasteiger partial charge in [0.05, 0.1) is 26.0 Å². The SMILES string of the molecule is COc1ccc([C@@H]2SC[C@@H]3C(=O)N(c4ccc(Cl)cc4)C(=O)N32)cc1C[NH+]1CCOCC1. The molecule has 9 heteroatoms. The second-order valence-corrected chi connectivity index (χ2v) is 9.70. The van der Waals surface area contributed by atoms with Crippen LogP contribution < -0.4 is 14.5 Å². The van der Waals surface area contributed by atoms with E-state index in [-0.39, 0.29) is 17.3 Å². The van der Waals surface area contributed by atoms with Crippen molar-refractivity contribution in [2.75, 3.05) is 44.1 Å². The molecule has 1 N–H and O–H groups in total. The summed E-state index contributed by atoms with van der Waals surface area (Å²) in [7, 11) is 1.68. The lowest BCUT2D eigenvalue weighted by Gasteiger charge is -2.26. The van der Waals surface area contributed by atoms with Crippen LogP contribution in [0.15, 0.2) is 42.5 Å². The maximum Gasteiger partial charge on any atom is 0.333 e. The number of rotatable bonds is 5. The number of carbonyl (C=O) groups is 2. The van der Waals surface area contributed by atoms with Crippen molar-refractivity contribution in [2.24, 2.45) is 0 Å². The fraction of sp³-hybridized carbons (Fsp3) is 0.391. The van der Waals surface area contributed by atoms with Crippen LogP contribution in [0.4, 0.5) is 10.5 Å². The number of nitrogens with one attached hydrogen (secondary N) is 1. The van der Waals surface area contributed by atoms with E-state index in [0.29, 0.717) is 16.5 Å². The number of quaternary nitrogens is 1. The van der Waals surface area contributed by atoms with Crippen LogP contribution in [0.25, 0.3) is 0 Å². The van der Waals surface area contributed by atoms with Crippen LogP contribution in [0.5, 0.6) is 5.75 Å². The Balaban J connectivity index is 1.42. The molecule has 5 rings (SSSR count). The summed E-state index contributed by atoms with van der Waals surface area (Å²) in [5.41, 5.74) is 2.67. The molecule has 168 valence electrons. The first-order valence-electron chi connectivity index (χ1n) is 10.7. The van der Waals surface area contributed by atoms with Gasteiger partial charge in [0.1, 0.15) is 36.8 Å². The highest BCUT2D eigenvalue weighted by Gasteiger charge is 2.53. The number of nitrogens with zero attached hydrogens (tertiary/aromatic N) is 2. The van der Waals surface area contributed by atoms with Gasteiger partial charge in [0.15, 0.2) is 0 Å². The first-order valence-corrected chi connectivity index (χ1v) is 12.1. The zero-order valence-corrected chi connectivity index (χ0v) is 19.3. The largest absolute Gasteiger partial charge is 0.496 e. The van der Waals surface area contributed by atoms with E-state index >= 15 is 0 Å². The van der Waals surface area contributed by atoms with Crippen LogP contribution in [0.3, 0.4) is 0 Å². The molecule has 0 unspecified atom stereocenters. The number of morpholine rings is 1. The van der Waals surface area contributed by atoms with Crippen LogP contribution in [-0.4, -0.2) is 62.0 Å². The third-order valence-corrected chi connectivity index (χ3v) is 7.81. The summed E-state index contributed by atoms with van der Waals surface area (Å²) in [5.74, 6) is 1.24. The van der Waals surface area contributed by atoms with E-state index in [0.717, 1.165) is 49.7 Å². The Labute approximate surface area is 196 Å². The molecule has 32 heavy (non-hydrogen) atoms. The molecule has 0 bridgehead atoms. The number of methoxy groups -OCH3 is 1. The highest BCUT2D eigenvalue weighted by molar-refractivity contribution is 7.99. The number of benzene rings is 2. The van der Waals surface area contributed by atoms with Gasteiger partial charge in [-0.05, 0) is 42.0 Å². The first-order chi connectivity index (χ1) is 15.6. The van der Waals surface area contributed by atoms with Crippen molar-refractivity contribution < 1.29 is 24.0 Å². The monoisotopic (exact) mass is 474 g/mol. The molecular weight excluding hydrogens is 450 g/mol. The third kappa shape index (κ3) is 3.85. The predicted molar refractivity (Wildman–Crippen MR) is 123 cm³/mol. The van der Waals surface area contributed by atoms with E-state index in [1.54, 1.807) is 48.0 Å². The number of ether oxygens (including phenoxy) is 2. The van der Waals surface area contributed by atoms with Gasteiger partial charge in [0.2, 0.25) is 0 Å². The molecule has 2 aromatic rings. The Kier molecular flexibility index (Phi) is 6.03. The summed E-state index contributed by atoms with van der Waals surface area (Å²) in [4.78, 5) is 30.8. The average Bonchev–Trinajstić information content (AvgIpc) is 3.35. The number of urea groups is 1. The maximum atomic E-state index is 13.3. The van der Waals surface area contributed by atoms with Crippen LogP contribution in [-0.2, 0) is 16.1 Å². The smallest absolute Gasteiger partial charge is 0.333 e. The van der Waals surface area contributed by atoms with Crippen molar-refractivity contribution in [1.29, 1.82) is 0 Å². The third-order valence-electron chi connectivity index (χ3n) is 6.23. The molecule has 3 heterocycles. The summed E-state index contributed by atoms with van der Waals surface area (Å²) in [6, 6.07) is 12.2. The number of fused-ring (bicyclic) bond motifs is 1. The van der Waals surface area contributed by atoms with Crippen molar-refractivity contribution in [1.82, 2.24) is 4.90 Å². The number of hydrogen-bond donors (Lipinski definition) is 1. The van der Waals surface area contributed by atoms with E-state index in [1.807, 2.05) is 12.1 Å². The van der Waals surface area contributed by atoms with Gasteiger partial charge in [-0.25, -0.2) is 9.69 Å². The van der Waals surface area contributed by atoms with Crippen molar-refractivity contribution in [3.8, 4) is 5.75 Å². The topological polar surface area (TPSA) is 63.5 Å². The molecule has 0 saturated carbocycles. The molecule has 2 aromatic carbocycles. The molecule has 2 atom stereocenters. The van der Waals surface area contributed by atoms with E-state index in [9.17, 15) is 9.59 Å². The molecule has 3 amide bonds. The Morgan fingerprint density at radius 2 is 1.91 bits per heavy atom. The summed E-state index contributed by atoms with van der Waals surface area (Å²) in [6.45, 7) is 4.29. The van der Waals surface area contributed by atoms with Crippen LogP contribution >= 0.6 is 23.4 Å². The summed E-state index contributed by atoms with van der Waals surface area (Å²) in [6.07, 6.45) is 0. The molecule has 0 aliphatic carbocycles. The number of anilines is 1. The van der Waals surface area contributed by atoms with Crippen LogP contribution in [0.1, 0.15) is 16.5 Å². The number of halogens is 1. The highest BCUT2D eigenvalue weighted by Crippen LogP contribution is 2.46. The lowest BCUT2D eigenvalue weighted by Crippen LogP contribution is -3.12. The van der Waals surface area contributed by atoms with Gasteiger partial charge in [-0.3, -0.25) is 9.69 Å². The minimum Gasteiger partial charge on any atom is -0.496 e. The predicted octanol–water partition coefficient (Wildman–Crippen LogP) is 2.35.